The van der Waals surface area contributed by atoms with Crippen molar-refractivity contribution in [3.63, 3.8) is 0 Å². The standard InChI is InChI=1S/C12H13N7/c13-8-9-11(14)19(10-4-3-5-15-16-10)17-12(9)18-6-1-2-7-18/h3-5H,1-2,6-7,14H2. The fourth-order valence-corrected chi connectivity index (χ4v) is 2.26. The van der Waals surface area contributed by atoms with Crippen LogP contribution in [0, 0.1) is 11.3 Å². The first-order valence-corrected chi connectivity index (χ1v) is 6.13. The quantitative estimate of drug-likeness (QED) is 0.849. The number of hydrogen-bond donors (Lipinski definition) is 1. The average molecular weight is 255 g/mol. The van der Waals surface area contributed by atoms with Crippen molar-refractivity contribution in [1.29, 1.82) is 5.26 Å². The summed E-state index contributed by atoms with van der Waals surface area (Å²) in [6, 6.07) is 5.64. The fraction of sp³-hybridized carbons (Fsp3) is 0.333. The summed E-state index contributed by atoms with van der Waals surface area (Å²) >= 11 is 0. The number of nitriles is 1. The van der Waals surface area contributed by atoms with Gasteiger partial charge in [-0.15, -0.1) is 10.2 Å². The summed E-state index contributed by atoms with van der Waals surface area (Å²) in [5.41, 5.74) is 6.41. The Hall–Kier alpha value is -2.62. The van der Waals surface area contributed by atoms with Gasteiger partial charge in [-0.3, -0.25) is 0 Å². The van der Waals surface area contributed by atoms with Gasteiger partial charge in [0.2, 0.25) is 0 Å². The van der Waals surface area contributed by atoms with E-state index in [1.165, 1.54) is 4.68 Å². The van der Waals surface area contributed by atoms with Crippen LogP contribution in [0.4, 0.5) is 11.6 Å². The molecular formula is C12H13N7. The molecule has 2 aromatic heterocycles. The second-order valence-electron chi connectivity index (χ2n) is 4.38. The summed E-state index contributed by atoms with van der Waals surface area (Å²) in [5, 5.41) is 21.5. The van der Waals surface area contributed by atoms with Crippen molar-refractivity contribution in [1.82, 2.24) is 20.0 Å². The molecule has 0 spiro atoms. The van der Waals surface area contributed by atoms with E-state index in [1.807, 2.05) is 0 Å². The molecule has 1 aliphatic rings. The SMILES string of the molecule is N#Cc1c(N2CCCC2)nn(-c2cccnn2)c1N. The molecule has 0 saturated carbocycles. The van der Waals surface area contributed by atoms with E-state index in [2.05, 4.69) is 26.3 Å². The van der Waals surface area contributed by atoms with Gasteiger partial charge in [0.1, 0.15) is 17.5 Å². The highest BCUT2D eigenvalue weighted by Gasteiger charge is 2.24. The van der Waals surface area contributed by atoms with Crippen LogP contribution >= 0.6 is 0 Å². The minimum absolute atomic E-state index is 0.310. The van der Waals surface area contributed by atoms with Crippen molar-refractivity contribution in [3.05, 3.63) is 23.9 Å². The van der Waals surface area contributed by atoms with E-state index < -0.39 is 0 Å². The predicted molar refractivity (Wildman–Crippen MR) is 69.7 cm³/mol. The summed E-state index contributed by atoms with van der Waals surface area (Å²) < 4.78 is 1.47. The Labute approximate surface area is 110 Å². The molecule has 0 unspecified atom stereocenters. The molecule has 1 saturated heterocycles. The summed E-state index contributed by atoms with van der Waals surface area (Å²) in [7, 11) is 0. The summed E-state index contributed by atoms with van der Waals surface area (Å²) in [5.74, 6) is 1.47. The van der Waals surface area contributed by atoms with Gasteiger partial charge in [-0.2, -0.15) is 15.0 Å². The van der Waals surface area contributed by atoms with Crippen LogP contribution in [-0.2, 0) is 0 Å². The maximum absolute atomic E-state index is 9.27. The van der Waals surface area contributed by atoms with Crippen LogP contribution in [0.2, 0.25) is 0 Å². The Morgan fingerprint density at radius 3 is 2.74 bits per heavy atom. The highest BCUT2D eigenvalue weighted by atomic mass is 15.4. The van der Waals surface area contributed by atoms with Crippen molar-refractivity contribution in [3.8, 4) is 11.9 Å². The molecule has 1 aliphatic heterocycles. The van der Waals surface area contributed by atoms with Crippen LogP contribution < -0.4 is 10.6 Å². The number of hydrogen-bond acceptors (Lipinski definition) is 6. The second kappa shape index (κ2) is 4.57. The molecular weight excluding hydrogens is 242 g/mol. The van der Waals surface area contributed by atoms with Gasteiger partial charge in [-0.1, -0.05) is 0 Å². The van der Waals surface area contributed by atoms with Crippen molar-refractivity contribution in [2.75, 3.05) is 23.7 Å². The van der Waals surface area contributed by atoms with Crippen LogP contribution in [-0.4, -0.2) is 33.1 Å². The number of anilines is 2. The Kier molecular flexibility index (Phi) is 2.76. The minimum atomic E-state index is 0.310. The molecule has 0 amide bonds. The van der Waals surface area contributed by atoms with Crippen LogP contribution in [0.1, 0.15) is 18.4 Å². The van der Waals surface area contributed by atoms with Crippen LogP contribution in [0.15, 0.2) is 18.3 Å². The normalized spacial score (nSPS) is 14.6. The molecule has 19 heavy (non-hydrogen) atoms. The zero-order valence-corrected chi connectivity index (χ0v) is 10.3. The lowest BCUT2D eigenvalue weighted by Crippen LogP contribution is -2.19. The van der Waals surface area contributed by atoms with Crippen LogP contribution in [0.3, 0.4) is 0 Å². The highest BCUT2D eigenvalue weighted by molar-refractivity contribution is 5.66. The zero-order valence-electron chi connectivity index (χ0n) is 10.3. The van der Waals surface area contributed by atoms with Gasteiger partial charge in [0, 0.05) is 19.3 Å². The third-order valence-electron chi connectivity index (χ3n) is 3.20. The molecule has 2 N–H and O–H groups in total. The molecule has 0 bridgehead atoms. The Balaban J connectivity index is 2.10. The van der Waals surface area contributed by atoms with E-state index in [1.54, 1.807) is 18.3 Å². The third-order valence-corrected chi connectivity index (χ3v) is 3.20. The number of nitrogens with zero attached hydrogens (tertiary/aromatic N) is 6. The molecule has 1 fully saturated rings. The van der Waals surface area contributed by atoms with E-state index in [4.69, 9.17) is 5.73 Å². The summed E-state index contributed by atoms with van der Waals surface area (Å²) in [6.45, 7) is 1.82. The Bertz CT molecular complexity index is 620. The fourth-order valence-electron chi connectivity index (χ4n) is 2.26. The molecule has 7 heteroatoms. The summed E-state index contributed by atoms with van der Waals surface area (Å²) in [4.78, 5) is 2.09. The van der Waals surface area contributed by atoms with E-state index >= 15 is 0 Å². The maximum Gasteiger partial charge on any atom is 0.178 e. The molecule has 0 atom stereocenters. The third kappa shape index (κ3) is 1.87. The lowest BCUT2D eigenvalue weighted by molar-refractivity contribution is 0.805. The second-order valence-corrected chi connectivity index (χ2v) is 4.38. The van der Waals surface area contributed by atoms with Crippen molar-refractivity contribution in [2.24, 2.45) is 0 Å². The van der Waals surface area contributed by atoms with Gasteiger partial charge in [-0.05, 0) is 25.0 Å². The first-order valence-electron chi connectivity index (χ1n) is 6.13. The molecule has 7 nitrogen and oxygen atoms in total. The Morgan fingerprint density at radius 1 is 1.32 bits per heavy atom. The average Bonchev–Trinajstić information content (AvgIpc) is 3.07. The van der Waals surface area contributed by atoms with Gasteiger partial charge in [0.25, 0.3) is 0 Å². The summed E-state index contributed by atoms with van der Waals surface area (Å²) in [6.07, 6.45) is 3.81. The molecule has 3 rings (SSSR count). The number of aromatic nitrogens is 4. The first-order chi connectivity index (χ1) is 9.31. The monoisotopic (exact) mass is 255 g/mol. The number of nitrogen functional groups attached to an aromatic ring is 1. The van der Waals surface area contributed by atoms with Crippen molar-refractivity contribution in [2.45, 2.75) is 12.8 Å². The molecule has 3 heterocycles. The largest absolute Gasteiger partial charge is 0.382 e. The van der Waals surface area contributed by atoms with E-state index in [-0.39, 0.29) is 0 Å². The van der Waals surface area contributed by atoms with Gasteiger partial charge < -0.3 is 10.6 Å². The van der Waals surface area contributed by atoms with E-state index in [0.717, 1.165) is 25.9 Å². The zero-order chi connectivity index (χ0) is 13.2. The topological polar surface area (TPSA) is 96.6 Å². The number of rotatable bonds is 2. The highest BCUT2D eigenvalue weighted by Crippen LogP contribution is 2.28. The smallest absolute Gasteiger partial charge is 0.178 e. The Morgan fingerprint density at radius 2 is 2.11 bits per heavy atom. The van der Waals surface area contributed by atoms with Crippen LogP contribution in [0.25, 0.3) is 5.82 Å². The molecule has 0 radical (unpaired) electrons. The van der Waals surface area contributed by atoms with Crippen LogP contribution in [0.5, 0.6) is 0 Å². The van der Waals surface area contributed by atoms with Gasteiger partial charge in [-0.25, -0.2) is 0 Å². The van der Waals surface area contributed by atoms with Gasteiger partial charge >= 0.3 is 0 Å². The predicted octanol–water partition coefficient (Wildman–Crippen LogP) is 0.716. The molecule has 0 aliphatic carbocycles. The first kappa shape index (κ1) is 11.5. The van der Waals surface area contributed by atoms with Gasteiger partial charge in [0.05, 0.1) is 0 Å². The molecule has 2 aromatic rings. The number of nitrogens with two attached hydrogens (primary N) is 1. The van der Waals surface area contributed by atoms with Crippen molar-refractivity contribution >= 4 is 11.6 Å². The lowest BCUT2D eigenvalue weighted by Gasteiger charge is -2.13. The van der Waals surface area contributed by atoms with Gasteiger partial charge in [0.15, 0.2) is 11.6 Å². The maximum atomic E-state index is 9.27. The molecule has 96 valence electrons. The minimum Gasteiger partial charge on any atom is -0.382 e. The van der Waals surface area contributed by atoms with E-state index in [0.29, 0.717) is 23.0 Å². The molecule has 0 aromatic carbocycles. The lowest BCUT2D eigenvalue weighted by atomic mass is 10.3. The van der Waals surface area contributed by atoms with Crippen molar-refractivity contribution < 1.29 is 0 Å². The van der Waals surface area contributed by atoms with E-state index in [9.17, 15) is 5.26 Å².